The van der Waals surface area contributed by atoms with Crippen LogP contribution in [-0.2, 0) is 0 Å². The highest BCUT2D eigenvalue weighted by Crippen LogP contribution is 2.25. The number of hydrogen-bond donors (Lipinski definition) is 1. The molecule has 0 amide bonds. The first kappa shape index (κ1) is 16.6. The fraction of sp³-hybridized carbons (Fsp3) is 0.118. The first-order valence-corrected chi connectivity index (χ1v) is 8.41. The number of rotatable bonds is 4. The number of nitrogens with one attached hydrogen (secondary N) is 1. The van der Waals surface area contributed by atoms with Crippen molar-refractivity contribution in [3.63, 3.8) is 0 Å². The van der Waals surface area contributed by atoms with Crippen LogP contribution in [0.15, 0.2) is 52.0 Å². The second-order valence-electron chi connectivity index (χ2n) is 5.17. The highest BCUT2D eigenvalue weighted by atomic mass is 79.9. The summed E-state index contributed by atoms with van der Waals surface area (Å²) in [5, 5.41) is 11.6. The predicted molar refractivity (Wildman–Crippen MR) is 101 cm³/mol. The van der Waals surface area contributed by atoms with Crippen LogP contribution >= 0.6 is 28.1 Å². The van der Waals surface area contributed by atoms with Crippen molar-refractivity contribution in [1.82, 2.24) is 14.9 Å². The summed E-state index contributed by atoms with van der Waals surface area (Å²) in [6.45, 7) is 2.03. The van der Waals surface area contributed by atoms with Crippen LogP contribution in [-0.4, -0.2) is 28.2 Å². The number of hydrogen-bond acceptors (Lipinski definition) is 4. The Morgan fingerprint density at radius 1 is 1.29 bits per heavy atom. The predicted octanol–water partition coefficient (Wildman–Crippen LogP) is 4.57. The quantitative estimate of drug-likeness (QED) is 0.513. The fourth-order valence-electron chi connectivity index (χ4n) is 2.26. The normalized spacial score (nSPS) is 11.1. The van der Waals surface area contributed by atoms with Crippen molar-refractivity contribution in [3.8, 4) is 17.1 Å². The molecular weight excluding hydrogens is 388 g/mol. The Labute approximate surface area is 153 Å². The number of nitrogens with zero attached hydrogens (tertiary/aromatic N) is 3. The van der Waals surface area contributed by atoms with Crippen molar-refractivity contribution in [2.45, 2.75) is 6.92 Å². The molecule has 122 valence electrons. The van der Waals surface area contributed by atoms with Crippen LogP contribution in [0.5, 0.6) is 5.75 Å². The van der Waals surface area contributed by atoms with Gasteiger partial charge in [0.05, 0.1) is 17.8 Å². The average molecular weight is 403 g/mol. The maximum atomic E-state index is 5.29. The van der Waals surface area contributed by atoms with E-state index in [1.54, 1.807) is 18.0 Å². The van der Waals surface area contributed by atoms with Crippen LogP contribution in [0.4, 0.5) is 0 Å². The van der Waals surface area contributed by atoms with Gasteiger partial charge in [-0.05, 0) is 64.9 Å². The van der Waals surface area contributed by atoms with Gasteiger partial charge in [0.1, 0.15) is 5.75 Å². The Bertz CT molecular complexity index is 961. The third kappa shape index (κ3) is 3.47. The summed E-state index contributed by atoms with van der Waals surface area (Å²) in [4.78, 5) is 0. The lowest BCUT2D eigenvalue weighted by atomic mass is 10.1. The van der Waals surface area contributed by atoms with Crippen molar-refractivity contribution >= 4 is 34.4 Å². The molecule has 5 nitrogen and oxygen atoms in total. The molecule has 0 unspecified atom stereocenters. The minimum Gasteiger partial charge on any atom is -0.496 e. The molecule has 2 aromatic carbocycles. The van der Waals surface area contributed by atoms with Gasteiger partial charge in [-0.15, -0.1) is 0 Å². The van der Waals surface area contributed by atoms with E-state index in [-0.39, 0.29) is 0 Å². The fourth-order valence-corrected chi connectivity index (χ4v) is 2.99. The summed E-state index contributed by atoms with van der Waals surface area (Å²) in [6, 6.07) is 13.8. The molecule has 0 aliphatic carbocycles. The lowest BCUT2D eigenvalue weighted by Crippen LogP contribution is -1.95. The number of benzene rings is 2. The average Bonchev–Trinajstić information content (AvgIpc) is 2.94. The molecule has 1 heterocycles. The van der Waals surface area contributed by atoms with Crippen LogP contribution in [0.1, 0.15) is 11.1 Å². The molecule has 3 rings (SSSR count). The number of aryl methyl sites for hydroxylation is 1. The van der Waals surface area contributed by atoms with Crippen molar-refractivity contribution in [1.29, 1.82) is 0 Å². The van der Waals surface area contributed by atoms with Crippen molar-refractivity contribution in [3.05, 3.63) is 62.8 Å². The van der Waals surface area contributed by atoms with E-state index in [0.717, 1.165) is 26.9 Å². The molecule has 0 fully saturated rings. The molecular formula is C17H15BrN4OS. The summed E-state index contributed by atoms with van der Waals surface area (Å²) in [5.74, 6) is 1.44. The van der Waals surface area contributed by atoms with Crippen molar-refractivity contribution < 1.29 is 4.74 Å². The second kappa shape index (κ2) is 7.11. The SMILES string of the molecule is COc1ccc(/C=N\n2c(-c3cccc(C)c3)n[nH]c2=S)cc1Br. The van der Waals surface area contributed by atoms with Gasteiger partial charge in [-0.25, -0.2) is 5.10 Å². The first-order valence-electron chi connectivity index (χ1n) is 7.21. The van der Waals surface area contributed by atoms with Gasteiger partial charge in [-0.3, -0.25) is 0 Å². The van der Waals surface area contributed by atoms with Gasteiger partial charge < -0.3 is 4.74 Å². The molecule has 0 radical (unpaired) electrons. The van der Waals surface area contributed by atoms with E-state index < -0.39 is 0 Å². The Kier molecular flexibility index (Phi) is 4.92. The molecule has 1 N–H and O–H groups in total. The molecule has 0 saturated carbocycles. The summed E-state index contributed by atoms with van der Waals surface area (Å²) < 4.78 is 8.15. The van der Waals surface area contributed by atoms with Gasteiger partial charge in [0.25, 0.3) is 0 Å². The molecule has 3 aromatic rings. The van der Waals surface area contributed by atoms with Gasteiger partial charge in [-0.2, -0.15) is 14.9 Å². The summed E-state index contributed by atoms with van der Waals surface area (Å²) in [6.07, 6.45) is 1.73. The maximum absolute atomic E-state index is 5.29. The van der Waals surface area contributed by atoms with Gasteiger partial charge >= 0.3 is 0 Å². The summed E-state index contributed by atoms with van der Waals surface area (Å²) in [5.41, 5.74) is 3.02. The van der Waals surface area contributed by atoms with Crippen LogP contribution in [0.25, 0.3) is 11.4 Å². The zero-order valence-corrected chi connectivity index (χ0v) is 15.6. The molecule has 24 heavy (non-hydrogen) atoms. The standard InChI is InChI=1S/C17H15BrN4OS/c1-11-4-3-5-13(8-11)16-20-21-17(24)22(16)19-10-12-6-7-15(23-2)14(18)9-12/h3-10H,1-2H3,(H,21,24)/b19-10-. The lowest BCUT2D eigenvalue weighted by Gasteiger charge is -2.04. The van der Waals surface area contributed by atoms with Crippen molar-refractivity contribution in [2.24, 2.45) is 5.10 Å². The van der Waals surface area contributed by atoms with Crippen LogP contribution in [0.3, 0.4) is 0 Å². The molecule has 0 bridgehead atoms. The first-order chi connectivity index (χ1) is 11.6. The van der Waals surface area contributed by atoms with Gasteiger partial charge in [-0.1, -0.05) is 23.8 Å². The largest absolute Gasteiger partial charge is 0.496 e. The van der Waals surface area contributed by atoms with E-state index in [1.807, 2.05) is 49.4 Å². The Balaban J connectivity index is 1.97. The molecule has 1 aromatic heterocycles. The second-order valence-corrected chi connectivity index (χ2v) is 6.41. The number of aromatic amines is 1. The molecule has 0 saturated heterocycles. The highest BCUT2D eigenvalue weighted by molar-refractivity contribution is 9.10. The Morgan fingerprint density at radius 2 is 2.12 bits per heavy atom. The number of H-pyrrole nitrogens is 1. The maximum Gasteiger partial charge on any atom is 0.216 e. The molecule has 0 aliphatic heterocycles. The minimum atomic E-state index is 0.440. The van der Waals surface area contributed by atoms with Crippen molar-refractivity contribution in [2.75, 3.05) is 7.11 Å². The van der Waals surface area contributed by atoms with E-state index in [0.29, 0.717) is 10.6 Å². The van der Waals surface area contributed by atoms with Gasteiger partial charge in [0, 0.05) is 5.56 Å². The number of aromatic nitrogens is 3. The molecule has 0 atom stereocenters. The van der Waals surface area contributed by atoms with Gasteiger partial charge in [0.15, 0.2) is 5.82 Å². The van der Waals surface area contributed by atoms with E-state index in [2.05, 4.69) is 31.2 Å². The molecule has 0 spiro atoms. The number of methoxy groups -OCH3 is 1. The van der Waals surface area contributed by atoms with E-state index in [9.17, 15) is 0 Å². The molecule has 7 heteroatoms. The zero-order chi connectivity index (χ0) is 17.1. The smallest absolute Gasteiger partial charge is 0.216 e. The van der Waals surface area contributed by atoms with Crippen LogP contribution < -0.4 is 4.74 Å². The third-order valence-corrected chi connectivity index (χ3v) is 4.31. The molecule has 0 aliphatic rings. The zero-order valence-electron chi connectivity index (χ0n) is 13.2. The van der Waals surface area contributed by atoms with Crippen LogP contribution in [0, 0.1) is 11.7 Å². The number of halogens is 1. The summed E-state index contributed by atoms with van der Waals surface area (Å²) in [7, 11) is 1.63. The van der Waals surface area contributed by atoms with Crippen LogP contribution in [0.2, 0.25) is 0 Å². The monoisotopic (exact) mass is 402 g/mol. The topological polar surface area (TPSA) is 55.2 Å². The Hall–Kier alpha value is -2.25. The lowest BCUT2D eigenvalue weighted by molar-refractivity contribution is 0.412. The number of ether oxygens (including phenoxy) is 1. The van der Waals surface area contributed by atoms with E-state index in [4.69, 9.17) is 17.0 Å². The van der Waals surface area contributed by atoms with Gasteiger partial charge in [0.2, 0.25) is 4.77 Å². The Morgan fingerprint density at radius 3 is 2.83 bits per heavy atom. The third-order valence-electron chi connectivity index (χ3n) is 3.42. The highest BCUT2D eigenvalue weighted by Gasteiger charge is 2.08. The minimum absolute atomic E-state index is 0.440. The summed E-state index contributed by atoms with van der Waals surface area (Å²) >= 11 is 8.76. The van der Waals surface area contributed by atoms with E-state index >= 15 is 0 Å². The van der Waals surface area contributed by atoms with E-state index in [1.165, 1.54) is 0 Å².